The van der Waals surface area contributed by atoms with Crippen LogP contribution in [-0.2, 0) is 16.0 Å². The van der Waals surface area contributed by atoms with Crippen LogP contribution in [0.4, 0.5) is 0 Å². The summed E-state index contributed by atoms with van der Waals surface area (Å²) < 4.78 is 17.5. The molecule has 0 spiro atoms. The summed E-state index contributed by atoms with van der Waals surface area (Å²) in [5, 5.41) is 15.6. The van der Waals surface area contributed by atoms with Crippen LogP contribution in [0.5, 0.6) is 11.5 Å². The van der Waals surface area contributed by atoms with E-state index in [1.165, 1.54) is 5.56 Å². The molecular weight excluding hydrogens is 508 g/mol. The number of carbonyl (C=O) groups excluding carboxylic acids is 2. The van der Waals surface area contributed by atoms with E-state index in [0.717, 1.165) is 49.0 Å². The second kappa shape index (κ2) is 10.8. The number of carbonyl (C=O) groups is 2. The predicted octanol–water partition coefficient (Wildman–Crippen LogP) is 4.27. The Hall–Kier alpha value is -3.59. The van der Waals surface area contributed by atoms with Gasteiger partial charge in [0.25, 0.3) is 5.91 Å². The summed E-state index contributed by atoms with van der Waals surface area (Å²) in [5.41, 5.74) is 2.99. The first-order valence-corrected chi connectivity index (χ1v) is 14.4. The number of nitrogens with zero attached hydrogens (tertiary/aromatic N) is 1. The number of aryl methyl sites for hydroxylation is 1. The molecule has 9 nitrogen and oxygen atoms in total. The molecule has 2 aromatic rings. The van der Waals surface area contributed by atoms with Crippen molar-refractivity contribution in [1.29, 1.82) is 5.41 Å². The Morgan fingerprint density at radius 1 is 1.10 bits per heavy atom. The number of methoxy groups -OCH3 is 1. The summed E-state index contributed by atoms with van der Waals surface area (Å²) in [7, 11) is 1.66. The summed E-state index contributed by atoms with van der Waals surface area (Å²) >= 11 is 0. The molecule has 0 unspecified atom stereocenters. The molecule has 40 heavy (non-hydrogen) atoms. The molecule has 1 saturated heterocycles. The third kappa shape index (κ3) is 4.80. The number of benzene rings is 2. The minimum absolute atomic E-state index is 0.0357. The summed E-state index contributed by atoms with van der Waals surface area (Å²) in [6, 6.07) is 11.0. The van der Waals surface area contributed by atoms with Gasteiger partial charge in [-0.3, -0.25) is 19.9 Å². The molecule has 9 heteroatoms. The lowest BCUT2D eigenvalue weighted by Gasteiger charge is -2.46. The first-order valence-electron chi connectivity index (χ1n) is 14.4. The second-order valence-electron chi connectivity index (χ2n) is 11.5. The fourth-order valence-corrected chi connectivity index (χ4v) is 6.76. The largest absolute Gasteiger partial charge is 0.493 e. The minimum Gasteiger partial charge on any atom is -0.493 e. The van der Waals surface area contributed by atoms with Crippen LogP contribution < -0.4 is 20.1 Å². The van der Waals surface area contributed by atoms with Crippen molar-refractivity contribution in [3.8, 4) is 11.5 Å². The van der Waals surface area contributed by atoms with Gasteiger partial charge in [0.15, 0.2) is 5.96 Å². The SMILES string of the molecule is CC[C@]12CCCCc3ccc4c(c3)[C@@H](NC(=O)c3ccc5c(c3)[C@@H](CCO5)N(C(=N)N1)C(=O)C2)[C@H](COC)CO4. The molecule has 6 bridgehead atoms. The standard InChI is InChI=1S/C31H38N4O5/c1-3-31-12-5-4-6-19-7-9-26-23(14-19)28(21(17-38-2)18-40-26)33-29(37)20-8-10-25-22(15-20)24(11-13-39-25)35(27(36)16-31)30(32)34-31/h7-10,14-15,21,24,28H,3-6,11-13,16-18H2,1-2H3,(H2,32,34)(H,33,37)/t21-,24-,28+,31-/m1/s1. The number of hydrogen-bond acceptors (Lipinski definition) is 6. The van der Waals surface area contributed by atoms with Crippen LogP contribution in [0, 0.1) is 11.3 Å². The maximum atomic E-state index is 13.7. The van der Waals surface area contributed by atoms with Gasteiger partial charge < -0.3 is 24.8 Å². The van der Waals surface area contributed by atoms with Crippen molar-refractivity contribution in [2.24, 2.45) is 5.92 Å². The smallest absolute Gasteiger partial charge is 0.251 e. The van der Waals surface area contributed by atoms with Crippen LogP contribution >= 0.6 is 0 Å². The Kier molecular flexibility index (Phi) is 7.16. The quantitative estimate of drug-likeness (QED) is 0.530. The normalized spacial score (nSPS) is 28.0. The molecule has 2 aromatic carbocycles. The zero-order valence-corrected chi connectivity index (χ0v) is 23.3. The van der Waals surface area contributed by atoms with Crippen molar-refractivity contribution in [2.75, 3.05) is 26.9 Å². The van der Waals surface area contributed by atoms with Crippen LogP contribution in [0.1, 0.15) is 84.6 Å². The highest BCUT2D eigenvalue weighted by atomic mass is 16.5. The highest BCUT2D eigenvalue weighted by Crippen LogP contribution is 2.41. The van der Waals surface area contributed by atoms with Crippen molar-refractivity contribution in [3.63, 3.8) is 0 Å². The number of fused-ring (bicyclic) bond motifs is 6. The predicted molar refractivity (Wildman–Crippen MR) is 150 cm³/mol. The third-order valence-corrected chi connectivity index (χ3v) is 9.02. The zero-order valence-electron chi connectivity index (χ0n) is 23.3. The highest BCUT2D eigenvalue weighted by Gasteiger charge is 2.44. The summed E-state index contributed by atoms with van der Waals surface area (Å²) in [6.45, 7) is 3.44. The molecular formula is C31H38N4O5. The number of ether oxygens (including phenoxy) is 3. The fourth-order valence-electron chi connectivity index (χ4n) is 6.76. The van der Waals surface area contributed by atoms with E-state index in [9.17, 15) is 9.59 Å². The molecule has 0 saturated carbocycles. The average Bonchev–Trinajstić information content (AvgIpc) is 2.95. The van der Waals surface area contributed by atoms with Gasteiger partial charge in [0.2, 0.25) is 5.91 Å². The van der Waals surface area contributed by atoms with E-state index in [2.05, 4.69) is 29.7 Å². The van der Waals surface area contributed by atoms with Crippen molar-refractivity contribution in [2.45, 2.75) is 69.5 Å². The van der Waals surface area contributed by atoms with Crippen LogP contribution in [0.2, 0.25) is 0 Å². The summed E-state index contributed by atoms with van der Waals surface area (Å²) in [5.74, 6) is 1.28. The van der Waals surface area contributed by atoms with Crippen LogP contribution in [0.25, 0.3) is 0 Å². The van der Waals surface area contributed by atoms with E-state index in [0.29, 0.717) is 44.0 Å². The molecule has 7 rings (SSSR count). The molecule has 0 radical (unpaired) electrons. The molecule has 212 valence electrons. The number of hydrogen-bond donors (Lipinski definition) is 3. The van der Waals surface area contributed by atoms with E-state index in [4.69, 9.17) is 19.6 Å². The van der Waals surface area contributed by atoms with E-state index in [-0.39, 0.29) is 35.8 Å². The average molecular weight is 547 g/mol. The Balaban J connectivity index is 1.42. The fraction of sp³-hybridized carbons (Fsp3) is 0.516. The lowest BCUT2D eigenvalue weighted by Crippen LogP contribution is -2.63. The number of nitrogens with one attached hydrogen (secondary N) is 3. The molecule has 5 aliphatic rings. The van der Waals surface area contributed by atoms with Crippen LogP contribution in [0.15, 0.2) is 36.4 Å². The van der Waals surface area contributed by atoms with E-state index < -0.39 is 5.54 Å². The Morgan fingerprint density at radius 3 is 2.73 bits per heavy atom. The van der Waals surface area contributed by atoms with Gasteiger partial charge in [0.05, 0.1) is 38.3 Å². The highest BCUT2D eigenvalue weighted by molar-refractivity contribution is 6.00. The van der Waals surface area contributed by atoms with Gasteiger partial charge in [-0.05, 0) is 55.5 Å². The molecule has 4 atom stereocenters. The molecule has 5 aliphatic heterocycles. The van der Waals surface area contributed by atoms with E-state index >= 15 is 0 Å². The lowest BCUT2D eigenvalue weighted by molar-refractivity contribution is -0.133. The van der Waals surface area contributed by atoms with Gasteiger partial charge in [-0.25, -0.2) is 0 Å². The van der Waals surface area contributed by atoms with Crippen molar-refractivity contribution in [3.05, 3.63) is 58.7 Å². The Labute approximate surface area is 235 Å². The molecule has 2 amide bonds. The van der Waals surface area contributed by atoms with Crippen molar-refractivity contribution < 1.29 is 23.8 Å². The minimum atomic E-state index is -0.423. The Morgan fingerprint density at radius 2 is 1.93 bits per heavy atom. The summed E-state index contributed by atoms with van der Waals surface area (Å²) in [4.78, 5) is 29.0. The van der Waals surface area contributed by atoms with Gasteiger partial charge in [-0.2, -0.15) is 0 Å². The first kappa shape index (κ1) is 26.6. The molecule has 5 heterocycles. The van der Waals surface area contributed by atoms with Crippen LogP contribution in [-0.4, -0.2) is 55.1 Å². The van der Waals surface area contributed by atoms with Gasteiger partial charge in [-0.15, -0.1) is 0 Å². The molecule has 0 aliphatic carbocycles. The van der Waals surface area contributed by atoms with Gasteiger partial charge in [-0.1, -0.05) is 25.5 Å². The van der Waals surface area contributed by atoms with Gasteiger partial charge in [0.1, 0.15) is 11.5 Å². The maximum absolute atomic E-state index is 13.7. The van der Waals surface area contributed by atoms with Crippen LogP contribution in [0.3, 0.4) is 0 Å². The third-order valence-electron chi connectivity index (χ3n) is 9.02. The van der Waals surface area contributed by atoms with E-state index in [1.807, 2.05) is 12.1 Å². The number of rotatable bonds is 3. The topological polar surface area (TPSA) is 113 Å². The van der Waals surface area contributed by atoms with Gasteiger partial charge >= 0.3 is 0 Å². The summed E-state index contributed by atoms with van der Waals surface area (Å²) in [6.07, 6.45) is 5.26. The zero-order chi connectivity index (χ0) is 27.9. The molecule has 3 N–H and O–H groups in total. The maximum Gasteiger partial charge on any atom is 0.251 e. The van der Waals surface area contributed by atoms with Crippen molar-refractivity contribution in [1.82, 2.24) is 15.5 Å². The first-order chi connectivity index (χ1) is 19.4. The van der Waals surface area contributed by atoms with Crippen molar-refractivity contribution >= 4 is 17.8 Å². The molecule has 1 fully saturated rings. The monoisotopic (exact) mass is 546 g/mol. The number of amides is 2. The van der Waals surface area contributed by atoms with E-state index in [1.54, 1.807) is 24.1 Å². The number of guanidine groups is 1. The molecule has 0 aromatic heterocycles. The Bertz CT molecular complexity index is 1310. The lowest BCUT2D eigenvalue weighted by atomic mass is 9.83. The van der Waals surface area contributed by atoms with Gasteiger partial charge in [0, 0.05) is 41.7 Å². The second-order valence-corrected chi connectivity index (χ2v) is 11.5.